The van der Waals surface area contributed by atoms with Gasteiger partial charge in [0.1, 0.15) is 0 Å². The number of amides is 1. The van der Waals surface area contributed by atoms with E-state index in [1.165, 1.54) is 24.3 Å². The molecule has 0 aliphatic carbocycles. The van der Waals surface area contributed by atoms with Gasteiger partial charge in [-0.15, -0.1) is 0 Å². The van der Waals surface area contributed by atoms with E-state index in [9.17, 15) is 13.2 Å². The van der Waals surface area contributed by atoms with E-state index in [1.54, 1.807) is 31.2 Å². The fourth-order valence-corrected chi connectivity index (χ4v) is 2.99. The summed E-state index contributed by atoms with van der Waals surface area (Å²) in [7, 11) is -4.79. The van der Waals surface area contributed by atoms with Gasteiger partial charge in [-0.2, -0.15) is 0 Å². The van der Waals surface area contributed by atoms with E-state index in [1.807, 2.05) is 0 Å². The molecule has 2 aromatic rings. The molecule has 0 aliphatic heterocycles. The fourth-order valence-electron chi connectivity index (χ4n) is 2.11. The van der Waals surface area contributed by atoms with Crippen LogP contribution in [0.2, 0.25) is 0 Å². The Bertz CT molecular complexity index is 801. The number of nitrogens with one attached hydrogen (secondary N) is 1. The molecule has 0 radical (unpaired) electrons. The van der Waals surface area contributed by atoms with E-state index in [4.69, 9.17) is 10.0 Å². The summed E-state index contributed by atoms with van der Waals surface area (Å²) in [6, 6.07) is 12.4. The molecule has 2 rings (SSSR count). The lowest BCUT2D eigenvalue weighted by atomic mass is 9.80. The lowest BCUT2D eigenvalue weighted by molar-refractivity contribution is -0.115. The molecule has 0 atom stereocenters. The summed E-state index contributed by atoms with van der Waals surface area (Å²) in [4.78, 5) is 12.3. The van der Waals surface area contributed by atoms with Gasteiger partial charge in [0.2, 0.25) is 5.91 Å². The first-order valence-corrected chi connectivity index (χ1v) is 9.04. The number of benzene rings is 2. The van der Waals surface area contributed by atoms with Crippen molar-refractivity contribution in [3.63, 3.8) is 0 Å². The Kier molecular flexibility index (Phi) is 5.77. The molecule has 0 unspecified atom stereocenters. The van der Waals surface area contributed by atoms with Crippen LogP contribution in [-0.4, -0.2) is 37.2 Å². The smallest absolute Gasteiger partial charge is 0.423 e. The molecular formula is C16H18BNO5S. The second-order valence-corrected chi connectivity index (χ2v) is 7.55. The van der Waals surface area contributed by atoms with E-state index in [-0.39, 0.29) is 23.0 Å². The van der Waals surface area contributed by atoms with Gasteiger partial charge in [-0.1, -0.05) is 31.2 Å². The molecular weight excluding hydrogens is 329 g/mol. The van der Waals surface area contributed by atoms with Gasteiger partial charge < -0.3 is 15.4 Å². The quantitative estimate of drug-likeness (QED) is 0.654. The van der Waals surface area contributed by atoms with Gasteiger partial charge in [0, 0.05) is 5.69 Å². The van der Waals surface area contributed by atoms with Crippen LogP contribution < -0.4 is 10.8 Å². The molecule has 0 aromatic heterocycles. The lowest BCUT2D eigenvalue weighted by Crippen LogP contribution is -2.29. The van der Waals surface area contributed by atoms with Crippen molar-refractivity contribution in [2.24, 2.45) is 0 Å². The van der Waals surface area contributed by atoms with Crippen molar-refractivity contribution in [3.05, 3.63) is 54.1 Å². The first-order valence-electron chi connectivity index (χ1n) is 7.39. The largest absolute Gasteiger partial charge is 0.488 e. The molecule has 2 aromatic carbocycles. The average Bonchev–Trinajstić information content (AvgIpc) is 2.55. The highest BCUT2D eigenvalue weighted by Crippen LogP contribution is 2.13. The number of carbonyl (C=O) groups is 1. The summed E-state index contributed by atoms with van der Waals surface area (Å²) in [5, 5.41) is 20.7. The molecule has 0 spiro atoms. The second kappa shape index (κ2) is 7.61. The van der Waals surface area contributed by atoms with Crippen LogP contribution in [0, 0.1) is 0 Å². The minimum absolute atomic E-state index is 0.0331. The molecule has 3 N–H and O–H groups in total. The van der Waals surface area contributed by atoms with Crippen LogP contribution >= 0.6 is 0 Å². The molecule has 0 saturated heterocycles. The molecule has 0 heterocycles. The predicted molar refractivity (Wildman–Crippen MR) is 92.8 cm³/mol. The Morgan fingerprint density at radius 3 is 2.12 bits per heavy atom. The van der Waals surface area contributed by atoms with Crippen molar-refractivity contribution >= 4 is 34.0 Å². The van der Waals surface area contributed by atoms with E-state index >= 15 is 0 Å². The number of anilines is 1. The van der Waals surface area contributed by atoms with Crippen LogP contribution in [0.15, 0.2) is 53.4 Å². The molecule has 0 aliphatic rings. The third-order valence-electron chi connectivity index (χ3n) is 3.52. The maximum Gasteiger partial charge on any atom is 0.488 e. The van der Waals surface area contributed by atoms with Crippen molar-refractivity contribution in [1.29, 1.82) is 0 Å². The Morgan fingerprint density at radius 1 is 1.04 bits per heavy atom. The Balaban J connectivity index is 1.99. The third kappa shape index (κ3) is 4.67. The fraction of sp³-hybridized carbons (Fsp3) is 0.188. The third-order valence-corrected chi connectivity index (χ3v) is 5.27. The summed E-state index contributed by atoms with van der Waals surface area (Å²) in [6.07, 6.45) is 0.108. The second-order valence-electron chi connectivity index (χ2n) is 5.27. The Labute approximate surface area is 141 Å². The summed E-state index contributed by atoms with van der Waals surface area (Å²) in [5.41, 5.74) is 1.57. The van der Waals surface area contributed by atoms with Crippen LogP contribution in [-0.2, 0) is 21.1 Å². The number of hydrogen-bond acceptors (Lipinski definition) is 5. The highest BCUT2D eigenvalue weighted by molar-refractivity contribution is 7.91. The summed E-state index contributed by atoms with van der Waals surface area (Å²) >= 11 is 0. The van der Waals surface area contributed by atoms with E-state index in [0.29, 0.717) is 16.7 Å². The van der Waals surface area contributed by atoms with Crippen molar-refractivity contribution in [1.82, 2.24) is 0 Å². The SMILES string of the molecule is CCS(=O)(=O)c1ccc(CC(=O)Nc2ccc(B(O)O)cc2)cc1. The van der Waals surface area contributed by atoms with Gasteiger partial charge in [-0.05, 0) is 35.3 Å². The van der Waals surface area contributed by atoms with Crippen molar-refractivity contribution in [2.45, 2.75) is 18.2 Å². The standard InChI is InChI=1S/C16H18BNO5S/c1-2-24(22,23)15-9-3-12(4-10-15)11-16(19)18-14-7-5-13(6-8-14)17(20)21/h3-10,20-21H,2,11H2,1H3,(H,18,19). The van der Waals surface area contributed by atoms with E-state index < -0.39 is 17.0 Å². The molecule has 6 nitrogen and oxygen atoms in total. The Hall–Kier alpha value is -2.16. The van der Waals surface area contributed by atoms with Crippen LogP contribution in [0.4, 0.5) is 5.69 Å². The molecule has 24 heavy (non-hydrogen) atoms. The number of sulfone groups is 1. The summed E-state index contributed by atoms with van der Waals surface area (Å²) < 4.78 is 23.5. The number of rotatable bonds is 6. The zero-order valence-corrected chi connectivity index (χ0v) is 14.0. The maximum atomic E-state index is 12.0. The number of hydrogen-bond donors (Lipinski definition) is 3. The normalized spacial score (nSPS) is 11.1. The predicted octanol–water partition coefficient (Wildman–Crippen LogP) is 0.341. The average molecular weight is 347 g/mol. The lowest BCUT2D eigenvalue weighted by Gasteiger charge is -2.07. The number of carbonyl (C=O) groups excluding carboxylic acids is 1. The molecule has 0 fully saturated rings. The minimum atomic E-state index is -3.24. The summed E-state index contributed by atoms with van der Waals surface area (Å²) in [5.74, 6) is -0.218. The zero-order valence-electron chi connectivity index (χ0n) is 13.1. The van der Waals surface area contributed by atoms with Gasteiger partial charge in [0.15, 0.2) is 9.84 Å². The van der Waals surface area contributed by atoms with Crippen LogP contribution in [0.3, 0.4) is 0 Å². The van der Waals surface area contributed by atoms with E-state index in [0.717, 1.165) is 0 Å². The van der Waals surface area contributed by atoms with Crippen molar-refractivity contribution in [2.75, 3.05) is 11.1 Å². The zero-order chi connectivity index (χ0) is 17.7. The molecule has 8 heteroatoms. The van der Waals surface area contributed by atoms with Gasteiger partial charge in [-0.25, -0.2) is 8.42 Å². The first kappa shape index (κ1) is 18.2. The van der Waals surface area contributed by atoms with Crippen LogP contribution in [0.25, 0.3) is 0 Å². The van der Waals surface area contributed by atoms with Gasteiger partial charge in [-0.3, -0.25) is 4.79 Å². The van der Waals surface area contributed by atoms with Gasteiger partial charge in [0.05, 0.1) is 17.1 Å². The molecule has 1 amide bonds. The minimum Gasteiger partial charge on any atom is -0.423 e. The highest BCUT2D eigenvalue weighted by atomic mass is 32.2. The topological polar surface area (TPSA) is 104 Å². The van der Waals surface area contributed by atoms with Gasteiger partial charge >= 0.3 is 7.12 Å². The van der Waals surface area contributed by atoms with E-state index in [2.05, 4.69) is 5.32 Å². The van der Waals surface area contributed by atoms with Crippen molar-refractivity contribution in [3.8, 4) is 0 Å². The highest BCUT2D eigenvalue weighted by Gasteiger charge is 2.12. The molecule has 0 bridgehead atoms. The summed E-state index contributed by atoms with van der Waals surface area (Å²) in [6.45, 7) is 1.58. The first-order chi connectivity index (χ1) is 11.3. The monoisotopic (exact) mass is 347 g/mol. The maximum absolute atomic E-state index is 12.0. The Morgan fingerprint density at radius 2 is 1.62 bits per heavy atom. The van der Waals surface area contributed by atoms with Crippen LogP contribution in [0.1, 0.15) is 12.5 Å². The van der Waals surface area contributed by atoms with Crippen LogP contribution in [0.5, 0.6) is 0 Å². The molecule has 0 saturated carbocycles. The molecule has 126 valence electrons. The van der Waals surface area contributed by atoms with Gasteiger partial charge in [0.25, 0.3) is 0 Å². The van der Waals surface area contributed by atoms with Crippen molar-refractivity contribution < 1.29 is 23.3 Å².